The highest BCUT2D eigenvalue weighted by Gasteiger charge is 2.26. The molecule has 0 saturated heterocycles. The highest BCUT2D eigenvalue weighted by molar-refractivity contribution is 6.43. The van der Waals surface area contributed by atoms with Crippen LogP contribution in [0.1, 0.15) is 15.9 Å². The quantitative estimate of drug-likeness (QED) is 0.426. The molecule has 0 atom stereocenters. The fourth-order valence-corrected chi connectivity index (χ4v) is 2.25. The smallest absolute Gasteiger partial charge is 0.203 e. The normalized spacial score (nSPS) is 10.6. The molecule has 110 valence electrons. The van der Waals surface area contributed by atoms with E-state index >= 15 is 0 Å². The number of benzene rings is 2. The van der Waals surface area contributed by atoms with E-state index in [1.54, 1.807) is 0 Å². The molecule has 2 aromatic rings. The van der Waals surface area contributed by atoms with Gasteiger partial charge in [0.05, 0.1) is 15.6 Å². The molecule has 5 N–H and O–H groups in total. The van der Waals surface area contributed by atoms with Gasteiger partial charge in [-0.15, -0.1) is 0 Å². The number of halogens is 2. The lowest BCUT2D eigenvalue weighted by molar-refractivity contribution is 0.103. The summed E-state index contributed by atoms with van der Waals surface area (Å²) in [5, 5.41) is 45.9. The third-order valence-electron chi connectivity index (χ3n) is 2.77. The van der Waals surface area contributed by atoms with Crippen molar-refractivity contribution < 1.29 is 30.3 Å². The molecular weight excluding hydrogens is 323 g/mol. The van der Waals surface area contributed by atoms with Crippen LogP contribution in [0.25, 0.3) is 0 Å². The van der Waals surface area contributed by atoms with Gasteiger partial charge in [0.1, 0.15) is 0 Å². The van der Waals surface area contributed by atoms with Crippen molar-refractivity contribution in [3.63, 3.8) is 0 Å². The van der Waals surface area contributed by atoms with Gasteiger partial charge in [0, 0.05) is 5.56 Å². The molecule has 2 aromatic carbocycles. The SMILES string of the molecule is O=C(c1ccc(O)c(O)c1)c1c(Cl)c(O)c(O)c(O)c1Cl. The molecule has 8 heteroatoms. The third-order valence-corrected chi connectivity index (χ3v) is 3.50. The Hall–Kier alpha value is -2.31. The molecule has 0 heterocycles. The van der Waals surface area contributed by atoms with E-state index in [2.05, 4.69) is 0 Å². The average Bonchev–Trinajstić information content (AvgIpc) is 2.46. The monoisotopic (exact) mass is 330 g/mol. The number of phenols is 5. The zero-order valence-corrected chi connectivity index (χ0v) is 11.6. The first-order valence-electron chi connectivity index (χ1n) is 5.44. The van der Waals surface area contributed by atoms with Crippen molar-refractivity contribution in [2.24, 2.45) is 0 Å². The first kappa shape index (κ1) is 15.1. The number of carbonyl (C=O) groups is 1. The van der Waals surface area contributed by atoms with E-state index < -0.39 is 50.1 Å². The number of hydrogen-bond acceptors (Lipinski definition) is 6. The molecule has 2 rings (SSSR count). The summed E-state index contributed by atoms with van der Waals surface area (Å²) in [6, 6.07) is 3.22. The molecule has 0 aliphatic carbocycles. The van der Waals surface area contributed by atoms with Crippen LogP contribution in [0.5, 0.6) is 28.7 Å². The molecule has 0 spiro atoms. The minimum atomic E-state index is -0.949. The van der Waals surface area contributed by atoms with Crippen molar-refractivity contribution in [1.82, 2.24) is 0 Å². The summed E-state index contributed by atoms with van der Waals surface area (Å²) >= 11 is 11.5. The van der Waals surface area contributed by atoms with E-state index in [1.807, 2.05) is 0 Å². The Balaban J connectivity index is 2.66. The molecule has 0 radical (unpaired) electrons. The minimum absolute atomic E-state index is 0.0985. The van der Waals surface area contributed by atoms with Gasteiger partial charge in [0.25, 0.3) is 0 Å². The summed E-state index contributed by atoms with van der Waals surface area (Å²) in [7, 11) is 0. The number of carbonyl (C=O) groups excluding carboxylic acids is 1. The molecule has 0 aliphatic rings. The van der Waals surface area contributed by atoms with Crippen molar-refractivity contribution >= 4 is 29.0 Å². The Kier molecular flexibility index (Phi) is 3.76. The van der Waals surface area contributed by atoms with E-state index in [0.29, 0.717) is 0 Å². The van der Waals surface area contributed by atoms with E-state index in [4.69, 9.17) is 23.2 Å². The Morgan fingerprint density at radius 2 is 1.33 bits per heavy atom. The van der Waals surface area contributed by atoms with Crippen LogP contribution in [0, 0.1) is 0 Å². The summed E-state index contributed by atoms with van der Waals surface area (Å²) in [5.74, 6) is -4.55. The van der Waals surface area contributed by atoms with Gasteiger partial charge in [-0.3, -0.25) is 4.79 Å². The first-order valence-corrected chi connectivity index (χ1v) is 6.19. The Bertz CT molecular complexity index is 728. The van der Waals surface area contributed by atoms with Crippen LogP contribution < -0.4 is 0 Å². The topological polar surface area (TPSA) is 118 Å². The fraction of sp³-hybridized carbons (Fsp3) is 0. The number of ketones is 1. The van der Waals surface area contributed by atoms with Gasteiger partial charge in [-0.2, -0.15) is 0 Å². The van der Waals surface area contributed by atoms with Crippen LogP contribution in [-0.2, 0) is 0 Å². The standard InChI is InChI=1S/C13H8Cl2O6/c14-8-7(9(15)12(20)13(21)11(8)19)10(18)4-1-2-5(16)6(17)3-4/h1-3,16-17,19-21H. The molecule has 6 nitrogen and oxygen atoms in total. The molecule has 0 aliphatic heterocycles. The lowest BCUT2D eigenvalue weighted by Gasteiger charge is -2.11. The maximum atomic E-state index is 12.3. The summed E-state index contributed by atoms with van der Waals surface area (Å²) in [5.41, 5.74) is -0.546. The average molecular weight is 331 g/mol. The minimum Gasteiger partial charge on any atom is -0.504 e. The number of hydrogen-bond donors (Lipinski definition) is 5. The van der Waals surface area contributed by atoms with Gasteiger partial charge < -0.3 is 25.5 Å². The van der Waals surface area contributed by atoms with E-state index in [0.717, 1.165) is 12.1 Å². The van der Waals surface area contributed by atoms with Crippen molar-refractivity contribution in [2.45, 2.75) is 0 Å². The highest BCUT2D eigenvalue weighted by Crippen LogP contribution is 2.48. The largest absolute Gasteiger partial charge is 0.504 e. The van der Waals surface area contributed by atoms with Crippen LogP contribution in [0.3, 0.4) is 0 Å². The van der Waals surface area contributed by atoms with Gasteiger partial charge in [-0.1, -0.05) is 23.2 Å². The van der Waals surface area contributed by atoms with Gasteiger partial charge in [0.15, 0.2) is 28.8 Å². The van der Waals surface area contributed by atoms with E-state index in [1.165, 1.54) is 6.07 Å². The molecule has 0 fully saturated rings. The maximum absolute atomic E-state index is 12.3. The second-order valence-corrected chi connectivity index (χ2v) is 4.84. The summed E-state index contributed by atoms with van der Waals surface area (Å²) < 4.78 is 0. The van der Waals surface area contributed by atoms with Crippen LogP contribution >= 0.6 is 23.2 Å². The van der Waals surface area contributed by atoms with Gasteiger partial charge in [-0.05, 0) is 18.2 Å². The zero-order chi connectivity index (χ0) is 15.9. The van der Waals surface area contributed by atoms with Crippen molar-refractivity contribution in [1.29, 1.82) is 0 Å². The van der Waals surface area contributed by atoms with Crippen molar-refractivity contribution in [3.05, 3.63) is 39.4 Å². The predicted molar refractivity (Wildman–Crippen MR) is 74.7 cm³/mol. The highest BCUT2D eigenvalue weighted by atomic mass is 35.5. The lowest BCUT2D eigenvalue weighted by Crippen LogP contribution is -2.03. The molecule has 21 heavy (non-hydrogen) atoms. The first-order chi connectivity index (χ1) is 9.75. The third kappa shape index (κ3) is 2.39. The molecule has 0 unspecified atom stereocenters. The van der Waals surface area contributed by atoms with Gasteiger partial charge in [0.2, 0.25) is 5.75 Å². The Labute approximate surface area is 128 Å². The fourth-order valence-electron chi connectivity index (χ4n) is 1.66. The summed E-state index contributed by atoms with van der Waals surface area (Å²) in [4.78, 5) is 12.3. The number of aromatic hydroxyl groups is 5. The van der Waals surface area contributed by atoms with Crippen molar-refractivity contribution in [2.75, 3.05) is 0 Å². The molecule has 0 aromatic heterocycles. The molecular formula is C13H8Cl2O6. The summed E-state index contributed by atoms with van der Waals surface area (Å²) in [6.45, 7) is 0. The van der Waals surface area contributed by atoms with E-state index in [9.17, 15) is 30.3 Å². The van der Waals surface area contributed by atoms with Crippen LogP contribution in [0.15, 0.2) is 18.2 Å². The number of phenolic OH excluding ortho intramolecular Hbond substituents is 5. The summed E-state index contributed by atoms with van der Waals surface area (Å²) in [6.07, 6.45) is 0. The second kappa shape index (κ2) is 5.23. The number of rotatable bonds is 2. The van der Waals surface area contributed by atoms with Crippen LogP contribution in [0.4, 0.5) is 0 Å². The molecule has 0 amide bonds. The maximum Gasteiger partial charge on any atom is 0.203 e. The Morgan fingerprint density at radius 1 is 0.810 bits per heavy atom. The zero-order valence-electron chi connectivity index (χ0n) is 10.1. The van der Waals surface area contributed by atoms with Crippen molar-refractivity contribution in [3.8, 4) is 28.7 Å². The second-order valence-electron chi connectivity index (χ2n) is 4.08. The molecule has 0 saturated carbocycles. The van der Waals surface area contributed by atoms with Crippen LogP contribution in [-0.4, -0.2) is 31.3 Å². The lowest BCUT2D eigenvalue weighted by atomic mass is 10.0. The van der Waals surface area contributed by atoms with Crippen LogP contribution in [0.2, 0.25) is 10.0 Å². The Morgan fingerprint density at radius 3 is 1.81 bits per heavy atom. The molecule has 0 bridgehead atoms. The van der Waals surface area contributed by atoms with Gasteiger partial charge >= 0.3 is 0 Å². The van der Waals surface area contributed by atoms with E-state index in [-0.39, 0.29) is 5.56 Å². The predicted octanol–water partition coefficient (Wildman–Crippen LogP) is 2.75. The van der Waals surface area contributed by atoms with Gasteiger partial charge in [-0.25, -0.2) is 0 Å².